The Balaban J connectivity index is 2.08. The molecule has 1 aromatic heterocycles. The number of benzene rings is 1. The number of fused-ring (bicyclic) bond motifs is 1. The van der Waals surface area contributed by atoms with Gasteiger partial charge in [-0.25, -0.2) is 4.79 Å². The van der Waals surface area contributed by atoms with E-state index >= 15 is 0 Å². The van der Waals surface area contributed by atoms with Crippen LogP contribution in [0.3, 0.4) is 0 Å². The molecule has 1 amide bonds. The monoisotopic (exact) mass is 263 g/mol. The van der Waals surface area contributed by atoms with Crippen LogP contribution in [-0.4, -0.2) is 35.9 Å². The van der Waals surface area contributed by atoms with Gasteiger partial charge in [0.05, 0.1) is 12.1 Å². The second-order valence-corrected chi connectivity index (χ2v) is 4.38. The zero-order chi connectivity index (χ0) is 13.8. The summed E-state index contributed by atoms with van der Waals surface area (Å²) in [7, 11) is 1.75. The molecule has 0 spiro atoms. The Labute approximate surface area is 110 Å². The molecule has 2 N–H and O–H groups in total. The fraction of sp³-hybridized carbons (Fsp3) is 0.385. The first-order valence-electron chi connectivity index (χ1n) is 6.16. The van der Waals surface area contributed by atoms with E-state index in [0.29, 0.717) is 24.2 Å². The molecule has 0 unspecified atom stereocenters. The second kappa shape index (κ2) is 5.71. The van der Waals surface area contributed by atoms with E-state index in [1.807, 2.05) is 19.1 Å². The van der Waals surface area contributed by atoms with Crippen LogP contribution in [0.1, 0.15) is 12.5 Å². The van der Waals surface area contributed by atoms with Crippen molar-refractivity contribution in [3.63, 3.8) is 0 Å². The summed E-state index contributed by atoms with van der Waals surface area (Å²) < 4.78 is 4.93. The smallest absolute Gasteiger partial charge is 0.408 e. The number of aromatic nitrogens is 1. The minimum atomic E-state index is -0.469. The Morgan fingerprint density at radius 2 is 2.26 bits per heavy atom. The molecule has 0 saturated heterocycles. The first-order valence-corrected chi connectivity index (χ1v) is 6.16. The molecule has 2 aromatic rings. The van der Waals surface area contributed by atoms with Crippen molar-refractivity contribution >= 4 is 17.0 Å². The van der Waals surface area contributed by atoms with E-state index in [1.54, 1.807) is 18.0 Å². The first kappa shape index (κ1) is 13.4. The molecule has 1 heterocycles. The summed E-state index contributed by atoms with van der Waals surface area (Å²) >= 11 is 0. The molecule has 0 bridgehead atoms. The SMILES string of the molecule is CCNCC(=O)N(C)Cc1ccc2oc(=O)[nH]c2c1. The minimum Gasteiger partial charge on any atom is -0.408 e. The zero-order valence-corrected chi connectivity index (χ0v) is 11.0. The standard InChI is InChI=1S/C13H17N3O3/c1-3-14-7-12(17)16(2)8-9-4-5-11-10(6-9)15-13(18)19-11/h4-6,14H,3,7-8H2,1-2H3,(H,15,18). The number of nitrogens with one attached hydrogen (secondary N) is 2. The number of nitrogens with zero attached hydrogens (tertiary/aromatic N) is 1. The third-order valence-corrected chi connectivity index (χ3v) is 2.86. The summed E-state index contributed by atoms with van der Waals surface area (Å²) in [6.07, 6.45) is 0. The second-order valence-electron chi connectivity index (χ2n) is 4.38. The molecular weight excluding hydrogens is 246 g/mol. The van der Waals surface area contributed by atoms with Crippen LogP contribution < -0.4 is 11.1 Å². The molecule has 6 nitrogen and oxygen atoms in total. The number of rotatable bonds is 5. The number of carbonyl (C=O) groups is 1. The lowest BCUT2D eigenvalue weighted by Gasteiger charge is -2.17. The molecule has 0 aliphatic rings. The van der Waals surface area contributed by atoms with Crippen molar-refractivity contribution in [2.24, 2.45) is 0 Å². The molecule has 6 heteroatoms. The van der Waals surface area contributed by atoms with E-state index in [-0.39, 0.29) is 5.91 Å². The normalized spacial score (nSPS) is 10.8. The Bertz CT molecular complexity index is 629. The maximum atomic E-state index is 11.8. The topological polar surface area (TPSA) is 78.3 Å². The van der Waals surface area contributed by atoms with Crippen molar-refractivity contribution in [3.8, 4) is 0 Å². The lowest BCUT2D eigenvalue weighted by Crippen LogP contribution is -2.35. The molecule has 0 saturated carbocycles. The highest BCUT2D eigenvalue weighted by Gasteiger charge is 2.09. The summed E-state index contributed by atoms with van der Waals surface area (Å²) in [6.45, 7) is 3.55. The van der Waals surface area contributed by atoms with E-state index in [9.17, 15) is 9.59 Å². The zero-order valence-electron chi connectivity index (χ0n) is 11.0. The van der Waals surface area contributed by atoms with Crippen molar-refractivity contribution in [3.05, 3.63) is 34.3 Å². The number of hydrogen-bond donors (Lipinski definition) is 2. The summed E-state index contributed by atoms with van der Waals surface area (Å²) in [4.78, 5) is 27.1. The van der Waals surface area contributed by atoms with Gasteiger partial charge in [0.25, 0.3) is 0 Å². The van der Waals surface area contributed by atoms with Crippen LogP contribution in [0, 0.1) is 0 Å². The molecule has 102 valence electrons. The minimum absolute atomic E-state index is 0.0302. The molecular formula is C13H17N3O3. The molecule has 0 fully saturated rings. The van der Waals surface area contributed by atoms with E-state index < -0.39 is 5.76 Å². The van der Waals surface area contributed by atoms with E-state index in [2.05, 4.69) is 10.3 Å². The average Bonchev–Trinajstić information content (AvgIpc) is 2.75. The molecule has 2 rings (SSSR count). The average molecular weight is 263 g/mol. The highest BCUT2D eigenvalue weighted by molar-refractivity contribution is 5.78. The Morgan fingerprint density at radius 3 is 3.00 bits per heavy atom. The lowest BCUT2D eigenvalue weighted by molar-refractivity contribution is -0.129. The van der Waals surface area contributed by atoms with E-state index in [0.717, 1.165) is 12.1 Å². The van der Waals surface area contributed by atoms with Crippen LogP contribution >= 0.6 is 0 Å². The molecule has 0 radical (unpaired) electrons. The Morgan fingerprint density at radius 1 is 1.47 bits per heavy atom. The van der Waals surface area contributed by atoms with Gasteiger partial charge in [-0.2, -0.15) is 0 Å². The number of likely N-dealkylation sites (N-methyl/N-ethyl adjacent to an activating group) is 2. The van der Waals surface area contributed by atoms with Crippen LogP contribution in [0.15, 0.2) is 27.4 Å². The fourth-order valence-corrected chi connectivity index (χ4v) is 1.83. The largest absolute Gasteiger partial charge is 0.417 e. The lowest BCUT2D eigenvalue weighted by atomic mass is 10.2. The van der Waals surface area contributed by atoms with Crippen molar-refractivity contribution in [1.29, 1.82) is 0 Å². The Hall–Kier alpha value is -2.08. The van der Waals surface area contributed by atoms with Gasteiger partial charge in [0.1, 0.15) is 0 Å². The van der Waals surface area contributed by atoms with Crippen molar-refractivity contribution in [1.82, 2.24) is 15.2 Å². The fourth-order valence-electron chi connectivity index (χ4n) is 1.83. The van der Waals surface area contributed by atoms with Gasteiger partial charge in [-0.15, -0.1) is 0 Å². The summed E-state index contributed by atoms with van der Waals surface area (Å²) in [5, 5.41) is 2.99. The predicted molar refractivity (Wildman–Crippen MR) is 71.9 cm³/mol. The van der Waals surface area contributed by atoms with Gasteiger partial charge < -0.3 is 14.6 Å². The van der Waals surface area contributed by atoms with Crippen molar-refractivity contribution in [2.75, 3.05) is 20.1 Å². The van der Waals surface area contributed by atoms with Gasteiger partial charge in [-0.05, 0) is 24.2 Å². The number of oxazole rings is 1. The number of H-pyrrole nitrogens is 1. The maximum absolute atomic E-state index is 11.8. The molecule has 19 heavy (non-hydrogen) atoms. The van der Waals surface area contributed by atoms with Crippen LogP contribution in [0.5, 0.6) is 0 Å². The van der Waals surface area contributed by atoms with Crippen LogP contribution in [0.25, 0.3) is 11.1 Å². The van der Waals surface area contributed by atoms with Crippen LogP contribution in [-0.2, 0) is 11.3 Å². The summed E-state index contributed by atoms with van der Waals surface area (Å²) in [6, 6.07) is 5.39. The molecule has 1 aromatic carbocycles. The van der Waals surface area contributed by atoms with Gasteiger partial charge in [0.2, 0.25) is 5.91 Å². The summed E-state index contributed by atoms with van der Waals surface area (Å²) in [5.41, 5.74) is 2.11. The quantitative estimate of drug-likeness (QED) is 0.832. The van der Waals surface area contributed by atoms with Crippen molar-refractivity contribution < 1.29 is 9.21 Å². The van der Waals surface area contributed by atoms with E-state index in [1.165, 1.54) is 0 Å². The van der Waals surface area contributed by atoms with E-state index in [4.69, 9.17) is 4.42 Å². The number of hydrogen-bond acceptors (Lipinski definition) is 4. The number of carbonyl (C=O) groups excluding carboxylic acids is 1. The van der Waals surface area contributed by atoms with Gasteiger partial charge in [0.15, 0.2) is 5.58 Å². The number of amides is 1. The van der Waals surface area contributed by atoms with Gasteiger partial charge >= 0.3 is 5.76 Å². The van der Waals surface area contributed by atoms with Gasteiger partial charge in [0, 0.05) is 13.6 Å². The Kier molecular flexibility index (Phi) is 4.01. The van der Waals surface area contributed by atoms with Gasteiger partial charge in [-0.3, -0.25) is 9.78 Å². The maximum Gasteiger partial charge on any atom is 0.417 e. The molecule has 0 aliphatic heterocycles. The summed E-state index contributed by atoms with van der Waals surface area (Å²) in [5.74, 6) is -0.439. The predicted octanol–water partition coefficient (Wildman–Crippen LogP) is 0.689. The third kappa shape index (κ3) is 3.23. The van der Waals surface area contributed by atoms with Crippen molar-refractivity contribution in [2.45, 2.75) is 13.5 Å². The number of aromatic amines is 1. The van der Waals surface area contributed by atoms with Crippen LogP contribution in [0.2, 0.25) is 0 Å². The molecule has 0 atom stereocenters. The highest BCUT2D eigenvalue weighted by atomic mass is 16.4. The third-order valence-electron chi connectivity index (χ3n) is 2.86. The van der Waals surface area contributed by atoms with Crippen LogP contribution in [0.4, 0.5) is 0 Å². The molecule has 0 aliphatic carbocycles. The first-order chi connectivity index (χ1) is 9.10. The van der Waals surface area contributed by atoms with Gasteiger partial charge in [-0.1, -0.05) is 13.0 Å². The highest BCUT2D eigenvalue weighted by Crippen LogP contribution is 2.13.